The highest BCUT2D eigenvalue weighted by Crippen LogP contribution is 2.48. The summed E-state index contributed by atoms with van der Waals surface area (Å²) >= 11 is 0. The highest BCUT2D eigenvalue weighted by atomic mass is 16.3. The average Bonchev–Trinajstić information content (AvgIpc) is 3.79. The lowest BCUT2D eigenvalue weighted by atomic mass is 9.91. The zero-order valence-corrected chi connectivity index (χ0v) is 35.0. The maximum atomic E-state index is 7.22. The Bertz CT molecular complexity index is 3510. The summed E-state index contributed by atoms with van der Waals surface area (Å²) < 4.78 is 7.22. The third kappa shape index (κ3) is 6.52. The predicted octanol–water partition coefficient (Wildman–Crippen LogP) is 17.7. The van der Waals surface area contributed by atoms with E-state index in [9.17, 15) is 0 Å². The molecular formula is C62H41NO. The van der Waals surface area contributed by atoms with Gasteiger partial charge in [-0.25, -0.2) is 0 Å². The molecule has 300 valence electrons. The number of hydrogen-bond acceptors (Lipinski definition) is 2. The van der Waals surface area contributed by atoms with E-state index in [-0.39, 0.29) is 0 Å². The molecule has 0 unspecified atom stereocenters. The highest BCUT2D eigenvalue weighted by molar-refractivity contribution is 6.33. The lowest BCUT2D eigenvalue weighted by molar-refractivity contribution is 0.674. The summed E-state index contributed by atoms with van der Waals surface area (Å²) in [5.41, 5.74) is 16.7. The minimum absolute atomic E-state index is 0.888. The van der Waals surface area contributed by atoms with Crippen molar-refractivity contribution < 1.29 is 4.42 Å². The standard InChI is InChI=1S/C62H41NO/c1-4-14-42(15-5-1)45-24-26-48(27-25-45)53-40-41-54(61-59(53)60-57-22-12-10-20-55(57)56-21-11-13-23-58(56)62(60)64-61)49-32-38-52(39-33-49)63(50-34-28-46(29-35-50)43-16-6-2-7-17-43)51-36-30-47(31-37-51)44-18-8-3-9-19-44/h1-41H. The van der Waals surface area contributed by atoms with Crippen LogP contribution in [0.25, 0.3) is 99.1 Å². The van der Waals surface area contributed by atoms with Gasteiger partial charge in [0.05, 0.1) is 0 Å². The summed E-state index contributed by atoms with van der Waals surface area (Å²) in [6.07, 6.45) is 0. The van der Waals surface area contributed by atoms with Crippen molar-refractivity contribution in [3.05, 3.63) is 249 Å². The molecule has 0 fully saturated rings. The van der Waals surface area contributed by atoms with E-state index in [1.54, 1.807) is 0 Å². The molecule has 1 heterocycles. The van der Waals surface area contributed by atoms with Gasteiger partial charge in [0.15, 0.2) is 0 Å². The van der Waals surface area contributed by atoms with Gasteiger partial charge >= 0.3 is 0 Å². The van der Waals surface area contributed by atoms with Crippen LogP contribution in [0, 0.1) is 0 Å². The van der Waals surface area contributed by atoms with Gasteiger partial charge in [0.2, 0.25) is 0 Å². The smallest absolute Gasteiger partial charge is 0.143 e. The van der Waals surface area contributed by atoms with Crippen molar-refractivity contribution in [1.29, 1.82) is 0 Å². The van der Waals surface area contributed by atoms with Gasteiger partial charge in [-0.3, -0.25) is 0 Å². The third-order valence-corrected chi connectivity index (χ3v) is 12.7. The van der Waals surface area contributed by atoms with Gasteiger partial charge in [-0.15, -0.1) is 0 Å². The molecule has 0 spiro atoms. The number of rotatable bonds is 8. The molecule has 2 heteroatoms. The Balaban J connectivity index is 1.01. The second-order valence-corrected chi connectivity index (χ2v) is 16.4. The normalized spacial score (nSPS) is 11.4. The van der Waals surface area contributed by atoms with Crippen molar-refractivity contribution >= 4 is 60.5 Å². The van der Waals surface area contributed by atoms with Crippen LogP contribution in [-0.4, -0.2) is 0 Å². The van der Waals surface area contributed by atoms with Gasteiger partial charge in [-0.05, 0) is 109 Å². The molecule has 0 amide bonds. The maximum Gasteiger partial charge on any atom is 0.143 e. The number of benzene rings is 11. The Labute approximate surface area is 372 Å². The molecule has 0 bridgehead atoms. The number of nitrogens with zero attached hydrogens (tertiary/aromatic N) is 1. The fraction of sp³-hybridized carbons (Fsp3) is 0. The van der Waals surface area contributed by atoms with Gasteiger partial charge in [0, 0.05) is 38.8 Å². The molecule has 0 saturated heterocycles. The van der Waals surface area contributed by atoms with Gasteiger partial charge in [0.25, 0.3) is 0 Å². The van der Waals surface area contributed by atoms with E-state index in [1.807, 2.05) is 0 Å². The molecule has 0 aliphatic carbocycles. The Morgan fingerprint density at radius 2 is 0.547 bits per heavy atom. The first-order chi connectivity index (χ1) is 31.7. The molecule has 12 aromatic rings. The lowest BCUT2D eigenvalue weighted by Crippen LogP contribution is -2.09. The molecule has 0 radical (unpaired) electrons. The quantitative estimate of drug-likeness (QED) is 0.142. The topological polar surface area (TPSA) is 16.4 Å². The van der Waals surface area contributed by atoms with Crippen molar-refractivity contribution in [2.45, 2.75) is 0 Å². The summed E-state index contributed by atoms with van der Waals surface area (Å²) in [7, 11) is 0. The largest absolute Gasteiger partial charge is 0.455 e. The third-order valence-electron chi connectivity index (χ3n) is 12.7. The number of hydrogen-bond donors (Lipinski definition) is 0. The van der Waals surface area contributed by atoms with Crippen LogP contribution < -0.4 is 4.90 Å². The minimum atomic E-state index is 0.888. The second-order valence-electron chi connectivity index (χ2n) is 16.4. The number of fused-ring (bicyclic) bond motifs is 8. The van der Waals surface area contributed by atoms with Crippen molar-refractivity contribution in [2.24, 2.45) is 0 Å². The van der Waals surface area contributed by atoms with Crippen molar-refractivity contribution in [3.63, 3.8) is 0 Å². The van der Waals surface area contributed by atoms with Gasteiger partial charge in [-0.1, -0.05) is 206 Å². The predicted molar refractivity (Wildman–Crippen MR) is 271 cm³/mol. The SMILES string of the molecule is c1ccc(-c2ccc(-c3ccc(-c4ccc(N(c5ccc(-c6ccccc6)cc5)c5ccc(-c6ccccc6)cc5)cc4)c4oc5c6ccccc6c6ccccc6c5c34)cc2)cc1. The molecule has 0 N–H and O–H groups in total. The summed E-state index contributed by atoms with van der Waals surface area (Å²) in [6, 6.07) is 89.3. The van der Waals surface area contributed by atoms with Gasteiger partial charge in [0.1, 0.15) is 11.2 Å². The fourth-order valence-electron chi connectivity index (χ4n) is 9.55. The first-order valence-corrected chi connectivity index (χ1v) is 21.9. The molecule has 1 aromatic heterocycles. The fourth-order valence-corrected chi connectivity index (χ4v) is 9.55. The van der Waals surface area contributed by atoms with Crippen LogP contribution in [0.2, 0.25) is 0 Å². The maximum absolute atomic E-state index is 7.22. The molecular weight excluding hydrogens is 775 g/mol. The number of anilines is 3. The molecule has 0 aliphatic heterocycles. The van der Waals surface area contributed by atoms with E-state index in [1.165, 1.54) is 49.5 Å². The summed E-state index contributed by atoms with van der Waals surface area (Å²) in [5, 5.41) is 7.00. The van der Waals surface area contributed by atoms with E-state index in [0.29, 0.717) is 0 Å². The molecule has 64 heavy (non-hydrogen) atoms. The second kappa shape index (κ2) is 15.8. The van der Waals surface area contributed by atoms with Crippen LogP contribution in [0.1, 0.15) is 0 Å². The molecule has 0 saturated carbocycles. The highest BCUT2D eigenvalue weighted by Gasteiger charge is 2.22. The zero-order valence-electron chi connectivity index (χ0n) is 35.0. The first kappa shape index (κ1) is 37.3. The number of furan rings is 1. The van der Waals surface area contributed by atoms with Crippen LogP contribution in [0.3, 0.4) is 0 Å². The van der Waals surface area contributed by atoms with Crippen LogP contribution in [0.15, 0.2) is 253 Å². The summed E-state index contributed by atoms with van der Waals surface area (Å²) in [4.78, 5) is 2.34. The summed E-state index contributed by atoms with van der Waals surface area (Å²) in [6.45, 7) is 0. The van der Waals surface area contributed by atoms with Crippen molar-refractivity contribution in [1.82, 2.24) is 0 Å². The molecule has 0 atom stereocenters. The van der Waals surface area contributed by atoms with Crippen LogP contribution in [-0.2, 0) is 0 Å². The lowest BCUT2D eigenvalue weighted by Gasteiger charge is -2.26. The molecule has 12 rings (SSSR count). The van der Waals surface area contributed by atoms with Crippen molar-refractivity contribution in [3.8, 4) is 55.6 Å². The zero-order chi connectivity index (χ0) is 42.4. The molecule has 0 aliphatic rings. The minimum Gasteiger partial charge on any atom is -0.455 e. The van der Waals surface area contributed by atoms with Gasteiger partial charge < -0.3 is 9.32 Å². The van der Waals surface area contributed by atoms with Crippen LogP contribution >= 0.6 is 0 Å². The average molecular weight is 816 g/mol. The van der Waals surface area contributed by atoms with E-state index in [2.05, 4.69) is 254 Å². The molecule has 2 nitrogen and oxygen atoms in total. The van der Waals surface area contributed by atoms with E-state index < -0.39 is 0 Å². The van der Waals surface area contributed by atoms with Crippen molar-refractivity contribution in [2.75, 3.05) is 4.90 Å². The van der Waals surface area contributed by atoms with Gasteiger partial charge in [-0.2, -0.15) is 0 Å². The summed E-state index contributed by atoms with van der Waals surface area (Å²) in [5.74, 6) is 0. The van der Waals surface area contributed by atoms with Crippen LogP contribution in [0.5, 0.6) is 0 Å². The first-order valence-electron chi connectivity index (χ1n) is 21.9. The monoisotopic (exact) mass is 815 g/mol. The van der Waals surface area contributed by atoms with E-state index >= 15 is 0 Å². The van der Waals surface area contributed by atoms with E-state index in [4.69, 9.17) is 4.42 Å². The Hall–Kier alpha value is -8.46. The Morgan fingerprint density at radius 1 is 0.219 bits per heavy atom. The Morgan fingerprint density at radius 3 is 1.03 bits per heavy atom. The Kier molecular flexibility index (Phi) is 9.20. The molecule has 11 aromatic carbocycles. The van der Waals surface area contributed by atoms with Crippen LogP contribution in [0.4, 0.5) is 17.1 Å². The van der Waals surface area contributed by atoms with E-state index in [0.717, 1.165) is 66.6 Å².